The van der Waals surface area contributed by atoms with E-state index in [1.165, 1.54) is 0 Å². The molecule has 0 bridgehead atoms. The third-order valence-corrected chi connectivity index (χ3v) is 1.20. The number of hydrogen-bond donors (Lipinski definition) is 0. The third-order valence-electron chi connectivity index (χ3n) is 0.767. The van der Waals surface area contributed by atoms with Crippen molar-refractivity contribution in [3.63, 3.8) is 0 Å². The second-order valence-corrected chi connectivity index (χ2v) is 2.30. The lowest BCUT2D eigenvalue weighted by Gasteiger charge is -1.86. The molecule has 0 amide bonds. The maximum absolute atomic E-state index is 5.55. The molecule has 4 heteroatoms. The molecule has 1 heterocycles. The van der Waals surface area contributed by atoms with Crippen LogP contribution in [0.3, 0.4) is 0 Å². The molecule has 0 fully saturated rings. The van der Waals surface area contributed by atoms with Gasteiger partial charge in [0.15, 0.2) is 10.7 Å². The first-order valence-corrected chi connectivity index (χ1v) is 3.19. The topological polar surface area (TPSA) is 24.7 Å². The van der Waals surface area contributed by atoms with Crippen LogP contribution in [0.2, 0.25) is 0 Å². The van der Waals surface area contributed by atoms with E-state index in [9.17, 15) is 0 Å². The van der Waals surface area contributed by atoms with E-state index in [1.54, 1.807) is 18.2 Å². The summed E-state index contributed by atoms with van der Waals surface area (Å²) >= 11 is 11.0. The summed E-state index contributed by atoms with van der Waals surface area (Å²) in [5.41, 5.74) is -0.377. The first kappa shape index (κ1) is 6.78. The van der Waals surface area contributed by atoms with Gasteiger partial charge in [0.2, 0.25) is 0 Å². The Morgan fingerprint density at radius 2 is 2.33 bits per heavy atom. The average Bonchev–Trinajstić information content (AvgIpc) is 1.97. The summed E-state index contributed by atoms with van der Waals surface area (Å²) in [7, 11) is 0. The summed E-state index contributed by atoms with van der Waals surface area (Å²) in [4.78, 5) is 0. The number of rotatable bonds is 0. The summed E-state index contributed by atoms with van der Waals surface area (Å²) in [6.07, 6.45) is 5.05. The van der Waals surface area contributed by atoms with Crippen LogP contribution in [-0.2, 0) is 0 Å². The lowest BCUT2D eigenvalue weighted by molar-refractivity contribution is 1.00. The van der Waals surface area contributed by atoms with E-state index in [0.717, 1.165) is 0 Å². The molecule has 0 aliphatic carbocycles. The van der Waals surface area contributed by atoms with Crippen molar-refractivity contribution in [3.05, 3.63) is 23.4 Å². The van der Waals surface area contributed by atoms with Crippen LogP contribution in [0.15, 0.2) is 33.6 Å². The van der Waals surface area contributed by atoms with E-state index < -0.39 is 0 Å². The van der Waals surface area contributed by atoms with Crippen molar-refractivity contribution in [1.29, 1.82) is 0 Å². The molecule has 0 saturated heterocycles. The predicted molar refractivity (Wildman–Crippen MR) is 37.6 cm³/mol. The molecule has 1 rings (SSSR count). The molecule has 48 valence electrons. The monoisotopic (exact) mass is 162 g/mol. The van der Waals surface area contributed by atoms with Gasteiger partial charge in [-0.25, -0.2) is 0 Å². The van der Waals surface area contributed by atoms with Crippen molar-refractivity contribution in [2.24, 2.45) is 10.2 Å². The lowest BCUT2D eigenvalue weighted by atomic mass is 10.5. The first-order valence-electron chi connectivity index (χ1n) is 2.38. The molecule has 1 unspecified atom stereocenters. The fraction of sp³-hybridized carbons (Fsp3) is 0.200. The van der Waals surface area contributed by atoms with Gasteiger partial charge in [-0.1, -0.05) is 29.3 Å². The second-order valence-electron chi connectivity index (χ2n) is 1.46. The van der Waals surface area contributed by atoms with Crippen molar-refractivity contribution in [1.82, 2.24) is 0 Å². The molecule has 0 radical (unpaired) electrons. The summed E-state index contributed by atoms with van der Waals surface area (Å²) in [5.74, 6) is 0. The SMILES string of the molecule is ClC1=CC=CC(Cl)N=N1. The molecular formula is C5H4Cl2N2. The minimum atomic E-state index is -0.377. The molecule has 1 aliphatic rings. The van der Waals surface area contributed by atoms with E-state index in [-0.39, 0.29) is 5.50 Å². The molecule has 0 aromatic carbocycles. The Labute approximate surface area is 62.9 Å². The van der Waals surface area contributed by atoms with Gasteiger partial charge in [0.25, 0.3) is 0 Å². The number of hydrogen-bond acceptors (Lipinski definition) is 2. The summed E-state index contributed by atoms with van der Waals surface area (Å²) < 4.78 is 0. The number of halogens is 2. The van der Waals surface area contributed by atoms with Gasteiger partial charge in [-0.15, -0.1) is 5.11 Å². The van der Waals surface area contributed by atoms with Crippen molar-refractivity contribution >= 4 is 23.2 Å². The predicted octanol–water partition coefficient (Wildman–Crippen LogP) is 2.65. The highest BCUT2D eigenvalue weighted by Gasteiger charge is 1.97. The van der Waals surface area contributed by atoms with Crippen molar-refractivity contribution in [3.8, 4) is 0 Å². The smallest absolute Gasteiger partial charge is 0.163 e. The molecule has 1 aliphatic heterocycles. The van der Waals surface area contributed by atoms with Gasteiger partial charge >= 0.3 is 0 Å². The molecule has 0 aromatic heterocycles. The van der Waals surface area contributed by atoms with Crippen LogP contribution < -0.4 is 0 Å². The van der Waals surface area contributed by atoms with Gasteiger partial charge < -0.3 is 0 Å². The highest BCUT2D eigenvalue weighted by molar-refractivity contribution is 6.29. The van der Waals surface area contributed by atoms with Crippen LogP contribution in [0.5, 0.6) is 0 Å². The molecule has 1 atom stereocenters. The number of allylic oxidation sites excluding steroid dienone is 2. The third kappa shape index (κ3) is 2.16. The van der Waals surface area contributed by atoms with Gasteiger partial charge in [0.1, 0.15) is 0 Å². The Balaban J connectivity index is 2.75. The highest BCUT2D eigenvalue weighted by atomic mass is 35.5. The van der Waals surface area contributed by atoms with Crippen molar-refractivity contribution in [2.75, 3.05) is 0 Å². The Morgan fingerprint density at radius 1 is 1.56 bits per heavy atom. The molecule has 0 spiro atoms. The van der Waals surface area contributed by atoms with Crippen LogP contribution in [0.25, 0.3) is 0 Å². The Kier molecular flexibility index (Phi) is 2.25. The zero-order chi connectivity index (χ0) is 6.69. The quantitative estimate of drug-likeness (QED) is 0.387. The zero-order valence-corrected chi connectivity index (χ0v) is 5.97. The molecule has 9 heavy (non-hydrogen) atoms. The minimum absolute atomic E-state index is 0.356. The van der Waals surface area contributed by atoms with E-state index in [0.29, 0.717) is 5.16 Å². The second kappa shape index (κ2) is 2.99. The van der Waals surface area contributed by atoms with Crippen LogP contribution in [-0.4, -0.2) is 5.50 Å². The standard InChI is InChI=1S/C5H4Cl2N2/c6-4-2-1-3-5(7)9-8-4/h1-4H. The van der Waals surface area contributed by atoms with E-state index in [4.69, 9.17) is 23.2 Å². The largest absolute Gasteiger partial charge is 0.164 e. The maximum atomic E-state index is 5.55. The van der Waals surface area contributed by atoms with Gasteiger partial charge in [-0.2, -0.15) is 5.11 Å². The Bertz CT molecular complexity index is 183. The minimum Gasteiger partial charge on any atom is -0.164 e. The maximum Gasteiger partial charge on any atom is 0.163 e. The average molecular weight is 163 g/mol. The fourth-order valence-corrected chi connectivity index (χ4v) is 0.653. The normalized spacial score (nSPS) is 25.6. The van der Waals surface area contributed by atoms with Gasteiger partial charge in [-0.3, -0.25) is 0 Å². The van der Waals surface area contributed by atoms with Crippen LogP contribution >= 0.6 is 23.2 Å². The van der Waals surface area contributed by atoms with Gasteiger partial charge in [0.05, 0.1) is 0 Å². The van der Waals surface area contributed by atoms with Crippen molar-refractivity contribution in [2.45, 2.75) is 5.50 Å². The Morgan fingerprint density at radius 3 is 3.11 bits per heavy atom. The number of azo groups is 1. The number of nitrogens with zero attached hydrogens (tertiary/aromatic N) is 2. The first-order chi connectivity index (χ1) is 4.29. The van der Waals surface area contributed by atoms with Crippen LogP contribution in [0.4, 0.5) is 0 Å². The summed E-state index contributed by atoms with van der Waals surface area (Å²) in [6.45, 7) is 0. The van der Waals surface area contributed by atoms with Gasteiger partial charge in [0, 0.05) is 0 Å². The summed E-state index contributed by atoms with van der Waals surface area (Å²) in [5, 5.41) is 7.53. The van der Waals surface area contributed by atoms with E-state index >= 15 is 0 Å². The highest BCUT2D eigenvalue weighted by Crippen LogP contribution is 2.11. The van der Waals surface area contributed by atoms with E-state index in [2.05, 4.69) is 10.2 Å². The van der Waals surface area contributed by atoms with Gasteiger partial charge in [-0.05, 0) is 12.2 Å². The van der Waals surface area contributed by atoms with E-state index in [1.807, 2.05) is 0 Å². The molecule has 0 aromatic rings. The van der Waals surface area contributed by atoms with Crippen LogP contribution in [0.1, 0.15) is 0 Å². The van der Waals surface area contributed by atoms with Crippen LogP contribution in [0, 0.1) is 0 Å². The lowest BCUT2D eigenvalue weighted by Crippen LogP contribution is -1.81. The van der Waals surface area contributed by atoms with Crippen molar-refractivity contribution < 1.29 is 0 Å². The number of alkyl halides is 1. The summed E-state index contributed by atoms with van der Waals surface area (Å²) in [6, 6.07) is 0. The molecule has 0 N–H and O–H groups in total. The fourth-order valence-electron chi connectivity index (χ4n) is 0.409. The molecular weight excluding hydrogens is 159 g/mol. The molecule has 0 saturated carbocycles. The zero-order valence-electron chi connectivity index (χ0n) is 4.46. The Hall–Kier alpha value is -0.340. The molecule has 2 nitrogen and oxygen atoms in total.